The first-order valence-corrected chi connectivity index (χ1v) is 9.29. The summed E-state index contributed by atoms with van der Waals surface area (Å²) < 4.78 is 5.27. The molecular weight excluding hydrogens is 338 g/mol. The molecule has 1 saturated heterocycles. The topological polar surface area (TPSA) is 65.4 Å². The van der Waals surface area contributed by atoms with Gasteiger partial charge in [0.1, 0.15) is 5.75 Å². The van der Waals surface area contributed by atoms with Crippen LogP contribution >= 0.6 is 0 Å². The van der Waals surface area contributed by atoms with Crippen molar-refractivity contribution in [3.63, 3.8) is 0 Å². The molecular formula is C22H25N3O2. The van der Waals surface area contributed by atoms with Gasteiger partial charge in [-0.2, -0.15) is 5.26 Å². The number of carbonyl (C=O) groups is 1. The predicted octanol–water partition coefficient (Wildman–Crippen LogP) is 4.02. The fourth-order valence-electron chi connectivity index (χ4n) is 3.61. The van der Waals surface area contributed by atoms with Crippen LogP contribution in [0.1, 0.15) is 47.3 Å². The van der Waals surface area contributed by atoms with Crippen LogP contribution in [0.3, 0.4) is 0 Å². The molecule has 5 nitrogen and oxygen atoms in total. The van der Waals surface area contributed by atoms with E-state index in [2.05, 4.69) is 28.4 Å². The molecule has 1 heterocycles. The number of ketones is 1. The molecule has 1 aliphatic heterocycles. The van der Waals surface area contributed by atoms with Crippen molar-refractivity contribution in [2.75, 3.05) is 32.1 Å². The fraction of sp³-hybridized carbons (Fsp3) is 0.364. The molecule has 2 aromatic rings. The molecule has 1 atom stereocenters. The molecule has 2 aromatic carbocycles. The quantitative estimate of drug-likeness (QED) is 0.753. The van der Waals surface area contributed by atoms with Crippen LogP contribution in [0.2, 0.25) is 0 Å². The molecule has 1 aliphatic rings. The SMILES string of the molecule is COc1ccc(C(CNc2cc(C#N)ccc2C(C)=O)N2CCCC2)cc1. The van der Waals surface area contributed by atoms with E-state index in [-0.39, 0.29) is 11.8 Å². The van der Waals surface area contributed by atoms with Gasteiger partial charge < -0.3 is 10.1 Å². The van der Waals surface area contributed by atoms with Crippen molar-refractivity contribution in [1.29, 1.82) is 5.26 Å². The largest absolute Gasteiger partial charge is 0.497 e. The fourth-order valence-corrected chi connectivity index (χ4v) is 3.61. The van der Waals surface area contributed by atoms with Crippen molar-refractivity contribution in [3.8, 4) is 11.8 Å². The first kappa shape index (κ1) is 18.9. The summed E-state index contributed by atoms with van der Waals surface area (Å²) in [6, 6.07) is 15.7. The highest BCUT2D eigenvalue weighted by Gasteiger charge is 2.24. The summed E-state index contributed by atoms with van der Waals surface area (Å²) in [5.41, 5.74) is 3.10. The van der Waals surface area contributed by atoms with Gasteiger partial charge in [0.25, 0.3) is 0 Å². The number of ether oxygens (including phenoxy) is 1. The Morgan fingerprint density at radius 1 is 1.22 bits per heavy atom. The Kier molecular flexibility index (Phi) is 6.10. The van der Waals surface area contributed by atoms with Crippen LogP contribution in [0.15, 0.2) is 42.5 Å². The minimum absolute atomic E-state index is 0.0100. The highest BCUT2D eigenvalue weighted by atomic mass is 16.5. The smallest absolute Gasteiger partial charge is 0.161 e. The average molecular weight is 363 g/mol. The Labute approximate surface area is 160 Å². The number of likely N-dealkylation sites (tertiary alicyclic amines) is 1. The molecule has 140 valence electrons. The van der Waals surface area contributed by atoms with Gasteiger partial charge in [-0.3, -0.25) is 9.69 Å². The molecule has 1 fully saturated rings. The number of nitrogens with zero attached hydrogens (tertiary/aromatic N) is 2. The summed E-state index contributed by atoms with van der Waals surface area (Å²) in [6.45, 7) is 4.35. The van der Waals surface area contributed by atoms with Gasteiger partial charge >= 0.3 is 0 Å². The summed E-state index contributed by atoms with van der Waals surface area (Å²) in [4.78, 5) is 14.4. The second kappa shape index (κ2) is 8.70. The van der Waals surface area contributed by atoms with Crippen molar-refractivity contribution < 1.29 is 9.53 Å². The maximum Gasteiger partial charge on any atom is 0.161 e. The molecule has 3 rings (SSSR count). The summed E-state index contributed by atoms with van der Waals surface area (Å²) in [6.07, 6.45) is 2.41. The van der Waals surface area contributed by atoms with Crippen molar-refractivity contribution >= 4 is 11.5 Å². The second-order valence-corrected chi connectivity index (χ2v) is 6.84. The van der Waals surface area contributed by atoms with Gasteiger partial charge in [0, 0.05) is 17.8 Å². The third kappa shape index (κ3) is 4.47. The third-order valence-electron chi connectivity index (χ3n) is 5.10. The Hall–Kier alpha value is -2.84. The predicted molar refractivity (Wildman–Crippen MR) is 106 cm³/mol. The number of methoxy groups -OCH3 is 1. The van der Waals surface area contributed by atoms with Crippen molar-refractivity contribution in [2.45, 2.75) is 25.8 Å². The zero-order chi connectivity index (χ0) is 19.2. The van der Waals surface area contributed by atoms with E-state index in [1.807, 2.05) is 12.1 Å². The Morgan fingerprint density at radius 2 is 1.93 bits per heavy atom. The molecule has 0 saturated carbocycles. The lowest BCUT2D eigenvalue weighted by Gasteiger charge is -2.29. The summed E-state index contributed by atoms with van der Waals surface area (Å²) in [5.74, 6) is 0.830. The van der Waals surface area contributed by atoms with E-state index < -0.39 is 0 Å². The van der Waals surface area contributed by atoms with E-state index in [0.29, 0.717) is 17.7 Å². The normalized spacial score (nSPS) is 15.1. The molecule has 0 aromatic heterocycles. The second-order valence-electron chi connectivity index (χ2n) is 6.84. The number of nitrogens with one attached hydrogen (secondary N) is 1. The van der Waals surface area contributed by atoms with E-state index >= 15 is 0 Å². The van der Waals surface area contributed by atoms with Gasteiger partial charge in [0.15, 0.2) is 5.78 Å². The van der Waals surface area contributed by atoms with Gasteiger partial charge in [-0.15, -0.1) is 0 Å². The molecule has 0 aliphatic carbocycles. The van der Waals surface area contributed by atoms with E-state index in [0.717, 1.165) is 24.5 Å². The van der Waals surface area contributed by atoms with Crippen LogP contribution in [0.25, 0.3) is 0 Å². The number of rotatable bonds is 7. The number of Topliss-reactive ketones (excluding diaryl/α,β-unsaturated/α-hetero) is 1. The highest BCUT2D eigenvalue weighted by molar-refractivity contribution is 5.99. The standard InChI is InChI=1S/C22H25N3O2/c1-16(26)20-10-5-17(14-23)13-21(20)24-15-22(25-11-3-4-12-25)18-6-8-19(27-2)9-7-18/h5-10,13,22,24H,3-4,11-12,15H2,1-2H3. The summed E-state index contributed by atoms with van der Waals surface area (Å²) in [5, 5.41) is 12.6. The van der Waals surface area contributed by atoms with Crippen LogP contribution < -0.4 is 10.1 Å². The summed E-state index contributed by atoms with van der Waals surface area (Å²) >= 11 is 0. The van der Waals surface area contributed by atoms with Crippen LogP contribution in [0.5, 0.6) is 5.75 Å². The molecule has 1 N–H and O–H groups in total. The van der Waals surface area contributed by atoms with E-state index in [1.165, 1.54) is 18.4 Å². The zero-order valence-corrected chi connectivity index (χ0v) is 15.9. The monoisotopic (exact) mass is 363 g/mol. The average Bonchev–Trinajstić information content (AvgIpc) is 3.22. The third-order valence-corrected chi connectivity index (χ3v) is 5.10. The Bertz CT molecular complexity index is 834. The number of hydrogen-bond acceptors (Lipinski definition) is 5. The number of anilines is 1. The first-order valence-electron chi connectivity index (χ1n) is 9.29. The Balaban J connectivity index is 1.84. The first-order chi connectivity index (χ1) is 13.1. The van der Waals surface area contributed by atoms with Crippen molar-refractivity contribution in [1.82, 2.24) is 4.90 Å². The Morgan fingerprint density at radius 3 is 2.52 bits per heavy atom. The molecule has 0 radical (unpaired) electrons. The molecule has 0 bridgehead atoms. The lowest BCUT2D eigenvalue weighted by atomic mass is 10.0. The number of nitriles is 1. The number of benzene rings is 2. The van der Waals surface area contributed by atoms with Gasteiger partial charge in [-0.1, -0.05) is 12.1 Å². The highest BCUT2D eigenvalue weighted by Crippen LogP contribution is 2.28. The molecule has 27 heavy (non-hydrogen) atoms. The van der Waals surface area contributed by atoms with Gasteiger partial charge in [0.05, 0.1) is 24.8 Å². The minimum atomic E-state index is -0.0100. The molecule has 0 spiro atoms. The zero-order valence-electron chi connectivity index (χ0n) is 15.9. The van der Waals surface area contributed by atoms with E-state index in [9.17, 15) is 10.1 Å². The van der Waals surface area contributed by atoms with Crippen LogP contribution in [0, 0.1) is 11.3 Å². The maximum absolute atomic E-state index is 12.0. The summed E-state index contributed by atoms with van der Waals surface area (Å²) in [7, 11) is 1.67. The minimum Gasteiger partial charge on any atom is -0.497 e. The van der Waals surface area contributed by atoms with E-state index in [1.54, 1.807) is 32.2 Å². The van der Waals surface area contributed by atoms with Gasteiger partial charge in [-0.05, 0) is 68.8 Å². The van der Waals surface area contributed by atoms with Crippen LogP contribution in [-0.2, 0) is 0 Å². The van der Waals surface area contributed by atoms with Crippen LogP contribution in [0.4, 0.5) is 5.69 Å². The van der Waals surface area contributed by atoms with Crippen molar-refractivity contribution in [3.05, 3.63) is 59.2 Å². The van der Waals surface area contributed by atoms with Crippen LogP contribution in [-0.4, -0.2) is 37.4 Å². The number of carbonyl (C=O) groups excluding carboxylic acids is 1. The maximum atomic E-state index is 12.0. The van der Waals surface area contributed by atoms with Gasteiger partial charge in [-0.25, -0.2) is 0 Å². The lowest BCUT2D eigenvalue weighted by Crippen LogP contribution is -2.31. The molecule has 0 amide bonds. The molecule has 1 unspecified atom stereocenters. The molecule has 5 heteroatoms. The van der Waals surface area contributed by atoms with Crippen molar-refractivity contribution in [2.24, 2.45) is 0 Å². The lowest BCUT2D eigenvalue weighted by molar-refractivity contribution is 0.101. The van der Waals surface area contributed by atoms with Gasteiger partial charge in [0.2, 0.25) is 0 Å². The number of hydrogen-bond donors (Lipinski definition) is 1. The van der Waals surface area contributed by atoms with E-state index in [4.69, 9.17) is 4.74 Å².